The van der Waals surface area contributed by atoms with E-state index in [0.29, 0.717) is 5.95 Å². The van der Waals surface area contributed by atoms with E-state index in [1.54, 1.807) is 12.1 Å². The van der Waals surface area contributed by atoms with Crippen molar-refractivity contribution in [1.29, 1.82) is 0 Å². The van der Waals surface area contributed by atoms with Gasteiger partial charge in [-0.3, -0.25) is 4.57 Å². The lowest BCUT2D eigenvalue weighted by Crippen LogP contribution is -2.27. The van der Waals surface area contributed by atoms with Crippen molar-refractivity contribution in [2.45, 2.75) is 13.0 Å². The number of imidazole rings is 1. The van der Waals surface area contributed by atoms with Crippen molar-refractivity contribution >= 4 is 11.0 Å². The van der Waals surface area contributed by atoms with Crippen molar-refractivity contribution in [2.24, 2.45) is 7.05 Å². The fraction of sp³-hybridized carbons (Fsp3) is 0.250. The molecule has 0 saturated heterocycles. The average molecular weight is 362 g/mol. The second-order valence-corrected chi connectivity index (χ2v) is 7.04. The van der Waals surface area contributed by atoms with E-state index in [4.69, 9.17) is 9.97 Å². The Morgan fingerprint density at radius 1 is 1.04 bits per heavy atom. The Balaban J connectivity index is 1.72. The highest BCUT2D eigenvalue weighted by atomic mass is 19.1. The molecule has 5 rings (SSSR count). The van der Waals surface area contributed by atoms with Crippen LogP contribution in [0.1, 0.15) is 11.4 Å². The van der Waals surface area contributed by atoms with Crippen LogP contribution in [0, 0.1) is 5.82 Å². The number of halogens is 1. The van der Waals surface area contributed by atoms with Crippen LogP contribution in [0.25, 0.3) is 28.2 Å². The minimum Gasteiger partial charge on any atom is -0.335 e. The van der Waals surface area contributed by atoms with Crippen molar-refractivity contribution in [1.82, 2.24) is 29.0 Å². The number of benzene rings is 1. The molecule has 3 aromatic heterocycles. The first-order valence-electron chi connectivity index (χ1n) is 8.93. The molecule has 136 valence electrons. The third kappa shape index (κ3) is 2.62. The lowest BCUT2D eigenvalue weighted by molar-refractivity contribution is 0.306. The maximum Gasteiger partial charge on any atom is 0.237 e. The smallest absolute Gasteiger partial charge is 0.237 e. The summed E-state index contributed by atoms with van der Waals surface area (Å²) in [6.45, 7) is 1.81. The number of likely N-dealkylation sites (N-methyl/N-ethyl adjacent to an activating group) is 1. The van der Waals surface area contributed by atoms with Gasteiger partial charge in [0.05, 0.1) is 17.1 Å². The van der Waals surface area contributed by atoms with E-state index in [9.17, 15) is 4.39 Å². The fourth-order valence-electron chi connectivity index (χ4n) is 3.67. The van der Waals surface area contributed by atoms with E-state index in [1.807, 2.05) is 34.8 Å². The van der Waals surface area contributed by atoms with Gasteiger partial charge in [-0.25, -0.2) is 14.4 Å². The second-order valence-electron chi connectivity index (χ2n) is 7.04. The normalized spacial score (nSPS) is 14.6. The first kappa shape index (κ1) is 16.1. The Hall–Kier alpha value is -3.06. The van der Waals surface area contributed by atoms with Crippen molar-refractivity contribution in [2.75, 3.05) is 13.6 Å². The summed E-state index contributed by atoms with van der Waals surface area (Å²) in [5, 5.41) is 0.946. The van der Waals surface area contributed by atoms with E-state index >= 15 is 0 Å². The molecule has 27 heavy (non-hydrogen) atoms. The van der Waals surface area contributed by atoms with Gasteiger partial charge in [0.1, 0.15) is 17.8 Å². The minimum atomic E-state index is -0.259. The van der Waals surface area contributed by atoms with Crippen LogP contribution in [0.2, 0.25) is 0 Å². The van der Waals surface area contributed by atoms with Gasteiger partial charge in [-0.05, 0) is 37.4 Å². The van der Waals surface area contributed by atoms with Crippen molar-refractivity contribution in [3.8, 4) is 17.2 Å². The Kier molecular flexibility index (Phi) is 3.58. The molecule has 0 radical (unpaired) electrons. The molecule has 0 aliphatic carbocycles. The van der Waals surface area contributed by atoms with Gasteiger partial charge in [0.15, 0.2) is 0 Å². The first-order valence-corrected chi connectivity index (χ1v) is 8.93. The SMILES string of the molecule is CN1CCc2c(ncn2-c2nc(-c3ccc(F)cc3)c3ccn(C)c3n2)C1. The first-order chi connectivity index (χ1) is 13.1. The number of aryl methyl sites for hydroxylation is 1. The third-order valence-corrected chi connectivity index (χ3v) is 5.15. The summed E-state index contributed by atoms with van der Waals surface area (Å²) in [6.07, 6.45) is 4.68. The molecule has 0 bridgehead atoms. The van der Waals surface area contributed by atoms with Gasteiger partial charge in [-0.1, -0.05) is 0 Å². The lowest BCUT2D eigenvalue weighted by Gasteiger charge is -2.22. The van der Waals surface area contributed by atoms with Crippen LogP contribution in [-0.2, 0) is 20.0 Å². The number of aromatic nitrogens is 5. The fourth-order valence-corrected chi connectivity index (χ4v) is 3.67. The van der Waals surface area contributed by atoms with Crippen LogP contribution in [0.3, 0.4) is 0 Å². The second kappa shape index (κ2) is 5.99. The molecule has 0 spiro atoms. The Labute approximate surface area is 155 Å². The predicted molar refractivity (Wildman–Crippen MR) is 101 cm³/mol. The summed E-state index contributed by atoms with van der Waals surface area (Å²) in [7, 11) is 4.06. The summed E-state index contributed by atoms with van der Waals surface area (Å²) in [4.78, 5) is 16.5. The number of fused-ring (bicyclic) bond motifs is 2. The number of rotatable bonds is 2. The Bertz CT molecular complexity index is 1140. The highest BCUT2D eigenvalue weighted by molar-refractivity contribution is 5.91. The van der Waals surface area contributed by atoms with E-state index < -0.39 is 0 Å². The van der Waals surface area contributed by atoms with E-state index in [0.717, 1.165) is 53.2 Å². The highest BCUT2D eigenvalue weighted by Gasteiger charge is 2.21. The molecule has 0 N–H and O–H groups in total. The van der Waals surface area contributed by atoms with E-state index in [-0.39, 0.29) is 5.82 Å². The van der Waals surface area contributed by atoms with Gasteiger partial charge in [0.2, 0.25) is 5.95 Å². The van der Waals surface area contributed by atoms with Crippen molar-refractivity contribution in [3.05, 3.63) is 60.1 Å². The number of nitrogens with zero attached hydrogens (tertiary/aromatic N) is 6. The molecular formula is C20H19FN6. The molecule has 6 nitrogen and oxygen atoms in total. The standard InChI is InChI=1S/C20H19FN6/c1-25-9-8-17-16(11-25)22-12-27(17)20-23-18(13-3-5-14(21)6-4-13)15-7-10-26(2)19(15)24-20/h3-7,10,12H,8-9,11H2,1-2H3. The Morgan fingerprint density at radius 3 is 2.67 bits per heavy atom. The van der Waals surface area contributed by atoms with E-state index in [1.165, 1.54) is 12.1 Å². The van der Waals surface area contributed by atoms with Crippen LogP contribution < -0.4 is 0 Å². The molecule has 1 aromatic carbocycles. The van der Waals surface area contributed by atoms with Gasteiger partial charge in [-0.15, -0.1) is 0 Å². The maximum absolute atomic E-state index is 13.4. The Morgan fingerprint density at radius 2 is 1.85 bits per heavy atom. The molecule has 0 fully saturated rings. The van der Waals surface area contributed by atoms with Gasteiger partial charge < -0.3 is 9.47 Å². The average Bonchev–Trinajstić information content (AvgIpc) is 3.25. The zero-order valence-electron chi connectivity index (χ0n) is 15.2. The molecule has 7 heteroatoms. The maximum atomic E-state index is 13.4. The largest absolute Gasteiger partial charge is 0.335 e. The molecule has 0 saturated carbocycles. The van der Waals surface area contributed by atoms with Crippen molar-refractivity contribution < 1.29 is 4.39 Å². The topological polar surface area (TPSA) is 51.8 Å². The number of hydrogen-bond acceptors (Lipinski definition) is 4. The monoisotopic (exact) mass is 362 g/mol. The zero-order valence-corrected chi connectivity index (χ0v) is 15.2. The molecule has 0 amide bonds. The number of hydrogen-bond donors (Lipinski definition) is 0. The van der Waals surface area contributed by atoms with Crippen LogP contribution in [0.15, 0.2) is 42.9 Å². The van der Waals surface area contributed by atoms with Gasteiger partial charge >= 0.3 is 0 Å². The molecule has 4 heterocycles. The molecule has 4 aromatic rings. The van der Waals surface area contributed by atoms with Gasteiger partial charge in [0.25, 0.3) is 0 Å². The summed E-state index contributed by atoms with van der Waals surface area (Å²) < 4.78 is 17.4. The van der Waals surface area contributed by atoms with Crippen LogP contribution >= 0.6 is 0 Å². The third-order valence-electron chi connectivity index (χ3n) is 5.15. The van der Waals surface area contributed by atoms with Crippen molar-refractivity contribution in [3.63, 3.8) is 0 Å². The van der Waals surface area contributed by atoms with Crippen LogP contribution in [0.5, 0.6) is 0 Å². The molecule has 0 atom stereocenters. The summed E-state index contributed by atoms with van der Waals surface area (Å²) in [5.74, 6) is 0.340. The summed E-state index contributed by atoms with van der Waals surface area (Å²) in [5.41, 5.74) is 4.74. The predicted octanol–water partition coefficient (Wildman–Crippen LogP) is 2.95. The van der Waals surface area contributed by atoms with Crippen LogP contribution in [0.4, 0.5) is 4.39 Å². The zero-order chi connectivity index (χ0) is 18.5. The van der Waals surface area contributed by atoms with E-state index in [2.05, 4.69) is 16.9 Å². The lowest BCUT2D eigenvalue weighted by atomic mass is 10.1. The van der Waals surface area contributed by atoms with Crippen LogP contribution in [-0.4, -0.2) is 42.6 Å². The molecule has 1 aliphatic rings. The molecular weight excluding hydrogens is 343 g/mol. The minimum absolute atomic E-state index is 0.259. The van der Waals surface area contributed by atoms with Gasteiger partial charge in [0, 0.05) is 43.7 Å². The summed E-state index contributed by atoms with van der Waals surface area (Å²) >= 11 is 0. The molecule has 0 unspecified atom stereocenters. The summed E-state index contributed by atoms with van der Waals surface area (Å²) in [6, 6.07) is 8.43. The highest BCUT2D eigenvalue weighted by Crippen LogP contribution is 2.29. The molecule has 1 aliphatic heterocycles. The quantitative estimate of drug-likeness (QED) is 0.550. The van der Waals surface area contributed by atoms with Gasteiger partial charge in [-0.2, -0.15) is 4.98 Å².